The molecule has 34 heavy (non-hydrogen) atoms. The van der Waals surface area contributed by atoms with Crippen LogP contribution in [-0.4, -0.2) is 36.0 Å². The van der Waals surface area contributed by atoms with E-state index in [-0.39, 0.29) is 10.5 Å². The fraction of sp³-hybridized carbons (Fsp3) is 0.174. The van der Waals surface area contributed by atoms with Gasteiger partial charge in [0.05, 0.1) is 28.3 Å². The van der Waals surface area contributed by atoms with Gasteiger partial charge in [0.1, 0.15) is 5.75 Å². The van der Waals surface area contributed by atoms with E-state index in [1.807, 2.05) is 24.7 Å². The van der Waals surface area contributed by atoms with Crippen LogP contribution in [0.3, 0.4) is 0 Å². The van der Waals surface area contributed by atoms with Gasteiger partial charge in [-0.1, -0.05) is 29.5 Å². The highest BCUT2D eigenvalue weighted by molar-refractivity contribution is 7.92. The molecular formula is C23H23N5O4S2. The van der Waals surface area contributed by atoms with Crippen LogP contribution in [0, 0.1) is 13.8 Å². The zero-order valence-electron chi connectivity index (χ0n) is 19.0. The SMILES string of the molecule is COc1ccccc1NS(=O)(=O)c1cc(C(=O)Nc2nc(C)c(-c3nccn3C)s2)ccc1C. The van der Waals surface area contributed by atoms with Gasteiger partial charge in [-0.15, -0.1) is 0 Å². The topological polar surface area (TPSA) is 115 Å². The molecule has 0 aliphatic carbocycles. The van der Waals surface area contributed by atoms with E-state index in [1.54, 1.807) is 49.5 Å². The van der Waals surface area contributed by atoms with Crippen molar-refractivity contribution < 1.29 is 17.9 Å². The number of hydrogen-bond acceptors (Lipinski definition) is 7. The minimum Gasteiger partial charge on any atom is -0.495 e. The maximum absolute atomic E-state index is 13.1. The molecule has 0 unspecified atom stereocenters. The molecule has 176 valence electrons. The molecule has 4 aromatic rings. The second kappa shape index (κ2) is 9.27. The molecular weight excluding hydrogens is 474 g/mol. The van der Waals surface area contributed by atoms with Gasteiger partial charge in [-0.3, -0.25) is 14.8 Å². The van der Waals surface area contributed by atoms with Gasteiger partial charge in [0.25, 0.3) is 15.9 Å². The fourth-order valence-corrected chi connectivity index (χ4v) is 5.71. The van der Waals surface area contributed by atoms with E-state index < -0.39 is 15.9 Å². The first-order chi connectivity index (χ1) is 16.2. The number of thiazole rings is 1. The maximum Gasteiger partial charge on any atom is 0.262 e. The Balaban J connectivity index is 1.60. The number of carbonyl (C=O) groups excluding carboxylic acids is 1. The molecule has 2 N–H and O–H groups in total. The predicted octanol–water partition coefficient (Wildman–Crippen LogP) is 4.22. The smallest absolute Gasteiger partial charge is 0.262 e. The fourth-order valence-electron chi connectivity index (χ4n) is 3.37. The number of nitrogens with zero attached hydrogens (tertiary/aromatic N) is 3. The molecule has 11 heteroatoms. The normalized spacial score (nSPS) is 11.3. The van der Waals surface area contributed by atoms with Crippen LogP contribution in [0.25, 0.3) is 10.7 Å². The Morgan fingerprint density at radius 1 is 1.15 bits per heavy atom. The van der Waals surface area contributed by atoms with Crippen LogP contribution in [-0.2, 0) is 17.1 Å². The Hall–Kier alpha value is -3.70. The average molecular weight is 498 g/mol. The molecule has 2 aromatic carbocycles. The highest BCUT2D eigenvalue weighted by Gasteiger charge is 2.22. The number of aryl methyl sites for hydroxylation is 3. The number of para-hydroxylation sites is 2. The Morgan fingerprint density at radius 3 is 2.62 bits per heavy atom. The van der Waals surface area contributed by atoms with Crippen LogP contribution >= 0.6 is 11.3 Å². The minimum atomic E-state index is -3.98. The quantitative estimate of drug-likeness (QED) is 0.395. The number of carbonyl (C=O) groups is 1. The van der Waals surface area contributed by atoms with Crippen LogP contribution in [0.1, 0.15) is 21.6 Å². The third-order valence-electron chi connectivity index (χ3n) is 5.13. The van der Waals surface area contributed by atoms with Crippen LogP contribution in [0.2, 0.25) is 0 Å². The second-order valence-electron chi connectivity index (χ2n) is 7.54. The first-order valence-electron chi connectivity index (χ1n) is 10.2. The van der Waals surface area contributed by atoms with Crippen molar-refractivity contribution in [2.75, 3.05) is 17.1 Å². The van der Waals surface area contributed by atoms with Crippen molar-refractivity contribution in [1.29, 1.82) is 0 Å². The summed E-state index contributed by atoms with van der Waals surface area (Å²) in [6.45, 7) is 3.51. The molecule has 0 radical (unpaired) electrons. The van der Waals surface area contributed by atoms with Gasteiger partial charge in [-0.25, -0.2) is 18.4 Å². The van der Waals surface area contributed by atoms with E-state index in [9.17, 15) is 13.2 Å². The number of rotatable bonds is 7. The van der Waals surface area contributed by atoms with Crippen LogP contribution < -0.4 is 14.8 Å². The summed E-state index contributed by atoms with van der Waals surface area (Å²) in [5.41, 5.74) is 1.74. The van der Waals surface area contributed by atoms with Gasteiger partial charge in [0.2, 0.25) is 0 Å². The van der Waals surface area contributed by atoms with Crippen molar-refractivity contribution in [2.45, 2.75) is 18.7 Å². The Labute approximate surface area is 201 Å². The van der Waals surface area contributed by atoms with Gasteiger partial charge in [0.15, 0.2) is 11.0 Å². The monoisotopic (exact) mass is 497 g/mol. The average Bonchev–Trinajstić information content (AvgIpc) is 3.38. The molecule has 0 atom stereocenters. The Bertz CT molecular complexity index is 1470. The largest absolute Gasteiger partial charge is 0.495 e. The Morgan fingerprint density at radius 2 is 1.91 bits per heavy atom. The lowest BCUT2D eigenvalue weighted by molar-refractivity contribution is 0.102. The summed E-state index contributed by atoms with van der Waals surface area (Å²) in [6.07, 6.45) is 3.53. The molecule has 2 heterocycles. The number of ether oxygens (including phenoxy) is 1. The molecule has 2 aromatic heterocycles. The van der Waals surface area contributed by atoms with Gasteiger partial charge in [-0.05, 0) is 43.7 Å². The molecule has 0 aliphatic rings. The van der Waals surface area contributed by atoms with E-state index in [2.05, 4.69) is 20.0 Å². The van der Waals surface area contributed by atoms with Crippen molar-refractivity contribution >= 4 is 38.1 Å². The summed E-state index contributed by atoms with van der Waals surface area (Å²) < 4.78 is 35.9. The van der Waals surface area contributed by atoms with E-state index in [0.29, 0.717) is 22.1 Å². The molecule has 0 saturated heterocycles. The van der Waals surface area contributed by atoms with Crippen molar-refractivity contribution in [3.8, 4) is 16.5 Å². The van der Waals surface area contributed by atoms with Gasteiger partial charge >= 0.3 is 0 Å². The second-order valence-corrected chi connectivity index (χ2v) is 10.2. The first kappa shape index (κ1) is 23.5. The molecule has 1 amide bonds. The van der Waals surface area contributed by atoms with E-state index >= 15 is 0 Å². The number of nitrogens with one attached hydrogen (secondary N) is 2. The molecule has 0 spiro atoms. The Kier molecular flexibility index (Phi) is 6.40. The number of methoxy groups -OCH3 is 1. The summed E-state index contributed by atoms with van der Waals surface area (Å²) >= 11 is 1.30. The lowest BCUT2D eigenvalue weighted by Gasteiger charge is -2.14. The summed E-state index contributed by atoms with van der Waals surface area (Å²) in [4.78, 5) is 22.5. The van der Waals surface area contributed by atoms with Gasteiger partial charge in [0, 0.05) is 25.0 Å². The number of sulfonamides is 1. The summed E-state index contributed by atoms with van der Waals surface area (Å²) in [5.74, 6) is 0.677. The lowest BCUT2D eigenvalue weighted by Crippen LogP contribution is -2.17. The van der Waals surface area contributed by atoms with Crippen LogP contribution in [0.5, 0.6) is 5.75 Å². The number of imidazole rings is 1. The summed E-state index contributed by atoms with van der Waals surface area (Å²) in [6, 6.07) is 11.2. The van der Waals surface area contributed by atoms with Gasteiger partial charge in [-0.2, -0.15) is 0 Å². The molecule has 0 bridgehead atoms. The molecule has 9 nitrogen and oxygen atoms in total. The molecule has 0 aliphatic heterocycles. The van der Waals surface area contributed by atoms with Crippen molar-refractivity contribution in [3.63, 3.8) is 0 Å². The summed E-state index contributed by atoms with van der Waals surface area (Å²) in [5, 5.41) is 3.16. The highest BCUT2D eigenvalue weighted by atomic mass is 32.2. The first-order valence-corrected chi connectivity index (χ1v) is 12.5. The zero-order chi connectivity index (χ0) is 24.5. The maximum atomic E-state index is 13.1. The zero-order valence-corrected chi connectivity index (χ0v) is 20.6. The van der Waals surface area contributed by atoms with Crippen molar-refractivity contribution in [2.24, 2.45) is 7.05 Å². The van der Waals surface area contributed by atoms with E-state index in [0.717, 1.165) is 16.4 Å². The molecule has 4 rings (SSSR count). The van der Waals surface area contributed by atoms with Gasteiger partial charge < -0.3 is 9.30 Å². The van der Waals surface area contributed by atoms with Crippen molar-refractivity contribution in [3.05, 3.63) is 71.7 Å². The number of aromatic nitrogens is 3. The predicted molar refractivity (Wildman–Crippen MR) is 132 cm³/mol. The van der Waals surface area contributed by atoms with E-state index in [1.165, 1.54) is 24.5 Å². The van der Waals surface area contributed by atoms with E-state index in [4.69, 9.17) is 4.74 Å². The number of anilines is 2. The van der Waals surface area contributed by atoms with Crippen LogP contribution in [0.15, 0.2) is 59.8 Å². The summed E-state index contributed by atoms with van der Waals surface area (Å²) in [7, 11) is -0.633. The molecule has 0 saturated carbocycles. The number of amides is 1. The molecule has 0 fully saturated rings. The van der Waals surface area contributed by atoms with Crippen LogP contribution in [0.4, 0.5) is 10.8 Å². The number of benzene rings is 2. The van der Waals surface area contributed by atoms with Crippen molar-refractivity contribution in [1.82, 2.24) is 14.5 Å². The minimum absolute atomic E-state index is 0.00456. The lowest BCUT2D eigenvalue weighted by atomic mass is 10.1. The number of hydrogen-bond donors (Lipinski definition) is 2. The highest BCUT2D eigenvalue weighted by Crippen LogP contribution is 2.32. The standard InChI is InChI=1S/C23H23N5O4S2/c1-14-9-10-16(13-19(14)34(30,31)27-17-7-5-6-8-18(17)32-4)22(29)26-23-25-15(2)20(33-23)21-24-11-12-28(21)3/h5-13,27H,1-4H3,(H,25,26,29). The third kappa shape index (κ3) is 4.66. The third-order valence-corrected chi connectivity index (χ3v) is 7.71.